The average molecular weight is 452 g/mol. The molecule has 170 valence electrons. The van der Waals surface area contributed by atoms with Crippen LogP contribution < -0.4 is 4.74 Å². The van der Waals surface area contributed by atoms with Crippen molar-refractivity contribution >= 4 is 12.4 Å². The molecule has 3 unspecified atom stereocenters. The summed E-state index contributed by atoms with van der Waals surface area (Å²) in [7, 11) is 4.24. The van der Waals surface area contributed by atoms with Crippen LogP contribution in [-0.2, 0) is 6.42 Å². The number of hydrogen-bond acceptors (Lipinski definition) is 3. The molecule has 3 atom stereocenters. The Kier molecular flexibility index (Phi) is 8.36. The lowest BCUT2D eigenvalue weighted by molar-refractivity contribution is -0.0771. The Morgan fingerprint density at radius 1 is 0.906 bits per heavy atom. The van der Waals surface area contributed by atoms with E-state index in [0.717, 1.165) is 37.2 Å². The molecule has 0 spiro atoms. The van der Waals surface area contributed by atoms with Gasteiger partial charge in [0, 0.05) is 18.4 Å². The molecule has 3 aromatic carbocycles. The number of benzene rings is 3. The van der Waals surface area contributed by atoms with Gasteiger partial charge >= 0.3 is 0 Å². The van der Waals surface area contributed by atoms with Gasteiger partial charge in [0.2, 0.25) is 0 Å². The Morgan fingerprint density at radius 3 is 2.25 bits per heavy atom. The van der Waals surface area contributed by atoms with Gasteiger partial charge in [0.25, 0.3) is 0 Å². The van der Waals surface area contributed by atoms with Crippen molar-refractivity contribution in [2.75, 3.05) is 14.1 Å². The number of aliphatic hydroxyl groups is 1. The fraction of sp³-hybridized carbons (Fsp3) is 0.357. The fourth-order valence-corrected chi connectivity index (χ4v) is 5.15. The van der Waals surface area contributed by atoms with Crippen molar-refractivity contribution < 1.29 is 9.84 Å². The molecule has 0 heterocycles. The van der Waals surface area contributed by atoms with Gasteiger partial charge in [-0.15, -0.1) is 12.4 Å². The Labute approximate surface area is 198 Å². The van der Waals surface area contributed by atoms with Crippen molar-refractivity contribution in [2.24, 2.45) is 5.92 Å². The van der Waals surface area contributed by atoms with E-state index in [0.29, 0.717) is 6.42 Å². The third-order valence-corrected chi connectivity index (χ3v) is 6.53. The van der Waals surface area contributed by atoms with Crippen LogP contribution in [0, 0.1) is 5.92 Å². The van der Waals surface area contributed by atoms with Crippen molar-refractivity contribution in [2.45, 2.75) is 43.7 Å². The average Bonchev–Trinajstić information content (AvgIpc) is 2.77. The minimum Gasteiger partial charge on any atom is -0.457 e. The quantitative estimate of drug-likeness (QED) is 0.435. The number of ether oxygens (including phenoxy) is 1. The molecule has 4 heteroatoms. The molecule has 1 N–H and O–H groups in total. The monoisotopic (exact) mass is 451 g/mol. The molecule has 1 aliphatic rings. The van der Waals surface area contributed by atoms with E-state index in [1.54, 1.807) is 0 Å². The first kappa shape index (κ1) is 24.3. The van der Waals surface area contributed by atoms with Crippen molar-refractivity contribution in [1.82, 2.24) is 4.90 Å². The third-order valence-electron chi connectivity index (χ3n) is 6.53. The molecule has 32 heavy (non-hydrogen) atoms. The van der Waals surface area contributed by atoms with Crippen molar-refractivity contribution in [3.63, 3.8) is 0 Å². The molecule has 0 aliphatic heterocycles. The van der Waals surface area contributed by atoms with Crippen LogP contribution in [0.2, 0.25) is 0 Å². The number of halogens is 1. The van der Waals surface area contributed by atoms with Gasteiger partial charge in [-0.05, 0) is 62.3 Å². The van der Waals surface area contributed by atoms with Crippen LogP contribution in [0.25, 0.3) is 0 Å². The maximum Gasteiger partial charge on any atom is 0.127 e. The van der Waals surface area contributed by atoms with Gasteiger partial charge in [-0.3, -0.25) is 0 Å². The number of hydrogen-bond donors (Lipinski definition) is 1. The summed E-state index contributed by atoms with van der Waals surface area (Å²) in [6, 6.07) is 28.8. The molecule has 1 saturated carbocycles. The Balaban J connectivity index is 0.00000289. The van der Waals surface area contributed by atoms with E-state index in [9.17, 15) is 5.11 Å². The summed E-state index contributed by atoms with van der Waals surface area (Å²) in [6.45, 7) is 0. The standard InChI is InChI=1S/C28H33NO2.ClH/c1-29(2)27(23-14-11-17-25(20-23)31-24-15-7-4-8-16-24)26-18-9-10-19-28(26,30)21-22-12-5-3-6-13-22;/h3-8,11-17,20,26-27,30H,9-10,18-19,21H2,1-2H3;1H. The maximum atomic E-state index is 11.9. The number of rotatable bonds is 7. The molecule has 3 nitrogen and oxygen atoms in total. The molecular weight excluding hydrogens is 418 g/mol. The van der Waals surface area contributed by atoms with Gasteiger partial charge in [0.1, 0.15) is 11.5 Å². The highest BCUT2D eigenvalue weighted by Crippen LogP contribution is 2.45. The van der Waals surface area contributed by atoms with Crippen LogP contribution in [-0.4, -0.2) is 29.7 Å². The fourth-order valence-electron chi connectivity index (χ4n) is 5.15. The van der Waals surface area contributed by atoms with Gasteiger partial charge in [-0.25, -0.2) is 0 Å². The zero-order valence-corrected chi connectivity index (χ0v) is 19.8. The van der Waals surface area contributed by atoms with Crippen LogP contribution in [0.1, 0.15) is 42.9 Å². The first-order chi connectivity index (χ1) is 15.0. The predicted octanol–water partition coefficient (Wildman–Crippen LogP) is 6.67. The highest BCUT2D eigenvalue weighted by atomic mass is 35.5. The summed E-state index contributed by atoms with van der Waals surface area (Å²) in [5.41, 5.74) is 1.68. The zero-order chi connectivity index (χ0) is 21.7. The van der Waals surface area contributed by atoms with Crippen LogP contribution >= 0.6 is 12.4 Å². The molecule has 4 rings (SSSR count). The van der Waals surface area contributed by atoms with Gasteiger partial charge in [-0.2, -0.15) is 0 Å². The van der Waals surface area contributed by atoms with Gasteiger partial charge in [0.15, 0.2) is 0 Å². The summed E-state index contributed by atoms with van der Waals surface area (Å²) in [5.74, 6) is 1.82. The van der Waals surface area contributed by atoms with Crippen LogP contribution in [0.4, 0.5) is 0 Å². The Bertz CT molecular complexity index is 963. The highest BCUT2D eigenvalue weighted by Gasteiger charge is 2.44. The summed E-state index contributed by atoms with van der Waals surface area (Å²) < 4.78 is 6.10. The number of para-hydroxylation sites is 1. The van der Waals surface area contributed by atoms with Crippen LogP contribution in [0.3, 0.4) is 0 Å². The summed E-state index contributed by atoms with van der Waals surface area (Å²) in [4.78, 5) is 2.26. The van der Waals surface area contributed by atoms with Gasteiger partial charge in [0.05, 0.1) is 5.60 Å². The Morgan fingerprint density at radius 2 is 1.56 bits per heavy atom. The van der Waals surface area contributed by atoms with E-state index < -0.39 is 5.60 Å². The summed E-state index contributed by atoms with van der Waals surface area (Å²) in [6.07, 6.45) is 4.81. The maximum absolute atomic E-state index is 11.9. The SMILES string of the molecule is CN(C)C(c1cccc(Oc2ccccc2)c1)C1CCCCC1(O)Cc1ccccc1.Cl. The van der Waals surface area contributed by atoms with Crippen molar-refractivity contribution in [1.29, 1.82) is 0 Å². The molecule has 1 fully saturated rings. The molecule has 0 saturated heterocycles. The Hall–Kier alpha value is -2.33. The smallest absolute Gasteiger partial charge is 0.127 e. The van der Waals surface area contributed by atoms with Crippen molar-refractivity contribution in [3.05, 3.63) is 96.1 Å². The molecule has 0 bridgehead atoms. The van der Waals surface area contributed by atoms with E-state index in [4.69, 9.17) is 4.74 Å². The van der Waals surface area contributed by atoms with E-state index >= 15 is 0 Å². The minimum atomic E-state index is -0.717. The second-order valence-corrected chi connectivity index (χ2v) is 9.01. The predicted molar refractivity (Wildman–Crippen MR) is 134 cm³/mol. The van der Waals surface area contributed by atoms with Crippen LogP contribution in [0.5, 0.6) is 11.5 Å². The lowest BCUT2D eigenvalue weighted by atomic mass is 9.67. The molecule has 0 radical (unpaired) electrons. The first-order valence-corrected chi connectivity index (χ1v) is 11.3. The minimum absolute atomic E-state index is 0. The number of nitrogens with zero attached hydrogens (tertiary/aromatic N) is 1. The van der Waals surface area contributed by atoms with E-state index in [2.05, 4.69) is 61.5 Å². The largest absolute Gasteiger partial charge is 0.457 e. The third kappa shape index (κ3) is 5.72. The van der Waals surface area contributed by atoms with Crippen molar-refractivity contribution in [3.8, 4) is 11.5 Å². The summed E-state index contributed by atoms with van der Waals surface area (Å²) in [5, 5.41) is 11.9. The molecule has 0 amide bonds. The second-order valence-electron chi connectivity index (χ2n) is 9.01. The lowest BCUT2D eigenvalue weighted by Gasteiger charge is -2.46. The molecule has 1 aliphatic carbocycles. The van der Waals surface area contributed by atoms with E-state index in [1.807, 2.05) is 42.5 Å². The highest BCUT2D eigenvalue weighted by molar-refractivity contribution is 5.85. The van der Waals surface area contributed by atoms with E-state index in [-0.39, 0.29) is 24.4 Å². The molecule has 0 aromatic heterocycles. The van der Waals surface area contributed by atoms with E-state index in [1.165, 1.54) is 11.1 Å². The summed E-state index contributed by atoms with van der Waals surface area (Å²) >= 11 is 0. The normalized spacial score (nSPS) is 21.6. The topological polar surface area (TPSA) is 32.7 Å². The first-order valence-electron chi connectivity index (χ1n) is 11.3. The van der Waals surface area contributed by atoms with Gasteiger partial charge in [-0.1, -0.05) is 73.5 Å². The second kappa shape index (κ2) is 11.0. The van der Waals surface area contributed by atoms with Gasteiger partial charge < -0.3 is 14.7 Å². The lowest BCUT2D eigenvalue weighted by Crippen LogP contribution is -2.48. The zero-order valence-electron chi connectivity index (χ0n) is 19.0. The molecular formula is C28H34ClNO2. The molecule has 3 aromatic rings. The van der Waals surface area contributed by atoms with Crippen LogP contribution in [0.15, 0.2) is 84.9 Å².